The summed E-state index contributed by atoms with van der Waals surface area (Å²) in [5, 5.41) is 0. The zero-order chi connectivity index (χ0) is 12.7. The number of thioether (sulfide) groups is 1. The van der Waals surface area contributed by atoms with Gasteiger partial charge >= 0.3 is 5.97 Å². The maximum atomic E-state index is 10.9. The molecule has 0 spiro atoms. The van der Waals surface area contributed by atoms with Gasteiger partial charge in [0.1, 0.15) is 10.5 Å². The molecule has 1 saturated heterocycles. The molecule has 98 valence electrons. The van der Waals surface area contributed by atoms with Crippen molar-refractivity contribution in [1.82, 2.24) is 4.90 Å². The van der Waals surface area contributed by atoms with Crippen LogP contribution >= 0.6 is 24.0 Å². The van der Waals surface area contributed by atoms with Crippen molar-refractivity contribution >= 4 is 34.3 Å². The smallest absolute Gasteiger partial charge is 0.305 e. The molecule has 0 unspecified atom stereocenters. The Labute approximate surface area is 112 Å². The van der Waals surface area contributed by atoms with Gasteiger partial charge in [-0.1, -0.05) is 24.0 Å². The number of hydrogen-bond donors (Lipinski definition) is 0. The molecule has 1 fully saturated rings. The third kappa shape index (κ3) is 5.23. The molecule has 0 aromatic carbocycles. The van der Waals surface area contributed by atoms with E-state index in [-0.39, 0.29) is 12.2 Å². The van der Waals surface area contributed by atoms with Gasteiger partial charge in [0.25, 0.3) is 0 Å². The summed E-state index contributed by atoms with van der Waals surface area (Å²) < 4.78 is 11.0. The van der Waals surface area contributed by atoms with Gasteiger partial charge in [0.15, 0.2) is 0 Å². The van der Waals surface area contributed by atoms with E-state index in [2.05, 4.69) is 4.74 Å². The van der Waals surface area contributed by atoms with Crippen molar-refractivity contribution < 1.29 is 14.3 Å². The molecule has 0 aliphatic carbocycles. The maximum absolute atomic E-state index is 10.9. The van der Waals surface area contributed by atoms with E-state index in [9.17, 15) is 4.79 Å². The number of thiocarbonyl (C=S) groups is 1. The van der Waals surface area contributed by atoms with E-state index in [1.165, 1.54) is 7.11 Å². The van der Waals surface area contributed by atoms with Crippen LogP contribution in [0.15, 0.2) is 0 Å². The summed E-state index contributed by atoms with van der Waals surface area (Å²) in [6.45, 7) is 0.824. The van der Waals surface area contributed by atoms with Gasteiger partial charge in [-0.15, -0.1) is 0 Å². The normalized spacial score (nSPS) is 19.1. The highest BCUT2D eigenvalue weighted by Gasteiger charge is 2.22. The van der Waals surface area contributed by atoms with Crippen molar-refractivity contribution in [2.24, 2.45) is 0 Å². The molecule has 0 aromatic heterocycles. The third-order valence-corrected chi connectivity index (χ3v) is 4.27. The number of hydrogen-bond acceptors (Lipinski definition) is 5. The van der Waals surface area contributed by atoms with Crippen molar-refractivity contribution in [3.63, 3.8) is 0 Å². The monoisotopic (exact) mass is 277 g/mol. The molecule has 4 nitrogen and oxygen atoms in total. The first-order chi connectivity index (χ1) is 8.15. The molecule has 6 heteroatoms. The predicted octanol–water partition coefficient (Wildman–Crippen LogP) is 2.03. The Morgan fingerprint density at radius 2 is 2.41 bits per heavy atom. The van der Waals surface area contributed by atoms with Gasteiger partial charge in [-0.2, -0.15) is 0 Å². The Morgan fingerprint density at radius 1 is 1.65 bits per heavy atom. The number of nitrogens with zero attached hydrogens (tertiary/aromatic N) is 1. The van der Waals surface area contributed by atoms with E-state index in [0.29, 0.717) is 6.42 Å². The number of esters is 1. The van der Waals surface area contributed by atoms with Gasteiger partial charge in [0.05, 0.1) is 7.11 Å². The van der Waals surface area contributed by atoms with Crippen LogP contribution in [0.25, 0.3) is 0 Å². The van der Waals surface area contributed by atoms with Gasteiger partial charge < -0.3 is 14.4 Å². The second-order valence-corrected chi connectivity index (χ2v) is 5.60. The first-order valence-corrected chi connectivity index (χ1v) is 7.12. The Kier molecular flexibility index (Phi) is 6.84. The van der Waals surface area contributed by atoms with Crippen LogP contribution in [0.5, 0.6) is 0 Å². The average molecular weight is 277 g/mol. The quantitative estimate of drug-likeness (QED) is 0.435. The molecule has 1 atom stereocenters. The molecule has 1 rings (SSSR count). The van der Waals surface area contributed by atoms with Gasteiger partial charge in [-0.05, 0) is 19.3 Å². The van der Waals surface area contributed by atoms with E-state index in [1.807, 2.05) is 11.9 Å². The molecular weight excluding hydrogens is 258 g/mol. The van der Waals surface area contributed by atoms with Gasteiger partial charge in [-0.3, -0.25) is 4.79 Å². The number of carbonyl (C=O) groups is 1. The lowest BCUT2D eigenvalue weighted by Crippen LogP contribution is -2.33. The lowest BCUT2D eigenvalue weighted by molar-refractivity contribution is -0.140. The Hall–Kier alpha value is -0.330. The molecule has 17 heavy (non-hydrogen) atoms. The Morgan fingerprint density at radius 3 is 3.00 bits per heavy atom. The molecule has 0 N–H and O–H groups in total. The number of ether oxygens (including phenoxy) is 2. The second kappa shape index (κ2) is 7.89. The highest BCUT2D eigenvalue weighted by molar-refractivity contribution is 8.22. The van der Waals surface area contributed by atoms with Crippen LogP contribution in [0.3, 0.4) is 0 Å². The fourth-order valence-electron chi connectivity index (χ4n) is 1.56. The minimum absolute atomic E-state index is 0.135. The number of rotatable bonds is 5. The first kappa shape index (κ1) is 14.7. The fourth-order valence-corrected chi connectivity index (χ4v) is 2.72. The number of carbonyl (C=O) groups excluding carboxylic acids is 1. The summed E-state index contributed by atoms with van der Waals surface area (Å²) in [6.07, 6.45) is 3.52. The summed E-state index contributed by atoms with van der Waals surface area (Å²) in [4.78, 5) is 12.9. The predicted molar refractivity (Wildman–Crippen MR) is 73.0 cm³/mol. The van der Waals surface area contributed by atoms with E-state index in [1.54, 1.807) is 11.8 Å². The zero-order valence-electron chi connectivity index (χ0n) is 10.3. The third-order valence-electron chi connectivity index (χ3n) is 2.60. The molecule has 1 aliphatic rings. The molecule has 1 heterocycles. The van der Waals surface area contributed by atoms with Gasteiger partial charge in [0.2, 0.25) is 0 Å². The van der Waals surface area contributed by atoms with E-state index in [4.69, 9.17) is 17.0 Å². The number of methoxy groups -OCH3 is 1. The van der Waals surface area contributed by atoms with Crippen molar-refractivity contribution in [1.29, 1.82) is 0 Å². The molecule has 0 radical (unpaired) electrons. The van der Waals surface area contributed by atoms with Crippen LogP contribution in [0.4, 0.5) is 0 Å². The van der Waals surface area contributed by atoms with Crippen LogP contribution in [0.1, 0.15) is 25.7 Å². The van der Waals surface area contributed by atoms with Crippen LogP contribution in [-0.2, 0) is 14.3 Å². The molecule has 0 aromatic rings. The van der Waals surface area contributed by atoms with Gasteiger partial charge in [0, 0.05) is 25.8 Å². The minimum atomic E-state index is -0.163. The zero-order valence-corrected chi connectivity index (χ0v) is 11.9. The second-order valence-electron chi connectivity index (χ2n) is 3.87. The molecule has 0 bridgehead atoms. The van der Waals surface area contributed by atoms with E-state index >= 15 is 0 Å². The SMILES string of the molecule is COC(=O)CCCSC(=S)N(C)[C@@H]1CCCO1. The molecule has 0 amide bonds. The van der Waals surface area contributed by atoms with E-state index < -0.39 is 0 Å². The van der Waals surface area contributed by atoms with Crippen molar-refractivity contribution in [3.8, 4) is 0 Å². The van der Waals surface area contributed by atoms with Crippen LogP contribution in [0.2, 0.25) is 0 Å². The lowest BCUT2D eigenvalue weighted by Gasteiger charge is -2.25. The molecule has 1 aliphatic heterocycles. The lowest BCUT2D eigenvalue weighted by atomic mass is 10.3. The van der Waals surface area contributed by atoms with E-state index in [0.717, 1.165) is 35.9 Å². The standard InChI is InChI=1S/C11H19NO3S2/c1-12(9-5-3-7-15-9)11(16)17-8-4-6-10(13)14-2/h9H,3-8H2,1-2H3/t9-/m0/s1. The summed E-state index contributed by atoms with van der Waals surface area (Å²) in [5.41, 5.74) is 0. The largest absolute Gasteiger partial charge is 0.469 e. The maximum Gasteiger partial charge on any atom is 0.305 e. The van der Waals surface area contributed by atoms with Crippen LogP contribution < -0.4 is 0 Å². The highest BCUT2D eigenvalue weighted by atomic mass is 32.2. The Bertz CT molecular complexity index is 267. The highest BCUT2D eigenvalue weighted by Crippen LogP contribution is 2.20. The fraction of sp³-hybridized carbons (Fsp3) is 0.818. The average Bonchev–Trinajstić information content (AvgIpc) is 2.86. The molecular formula is C11H19NO3S2. The summed E-state index contributed by atoms with van der Waals surface area (Å²) >= 11 is 6.91. The van der Waals surface area contributed by atoms with Crippen LogP contribution in [0, 0.1) is 0 Å². The Balaban J connectivity index is 2.13. The minimum Gasteiger partial charge on any atom is -0.469 e. The van der Waals surface area contributed by atoms with Crippen molar-refractivity contribution in [3.05, 3.63) is 0 Å². The summed E-state index contributed by atoms with van der Waals surface area (Å²) in [6, 6.07) is 0. The van der Waals surface area contributed by atoms with Crippen molar-refractivity contribution in [2.45, 2.75) is 31.9 Å². The van der Waals surface area contributed by atoms with Crippen LogP contribution in [-0.4, -0.2) is 47.9 Å². The molecule has 0 saturated carbocycles. The summed E-state index contributed by atoms with van der Waals surface area (Å²) in [7, 11) is 3.37. The van der Waals surface area contributed by atoms with Gasteiger partial charge in [-0.25, -0.2) is 0 Å². The van der Waals surface area contributed by atoms with Crippen molar-refractivity contribution in [2.75, 3.05) is 26.5 Å². The first-order valence-electron chi connectivity index (χ1n) is 5.73. The summed E-state index contributed by atoms with van der Waals surface area (Å²) in [5.74, 6) is 0.675. The topological polar surface area (TPSA) is 38.8 Å².